The predicted molar refractivity (Wildman–Crippen MR) is 74.1 cm³/mol. The van der Waals surface area contributed by atoms with Crippen LogP contribution in [0.3, 0.4) is 0 Å². The van der Waals surface area contributed by atoms with Gasteiger partial charge in [0, 0.05) is 22.9 Å². The molecule has 1 rings (SSSR count). The number of hydrogen-bond donors (Lipinski definition) is 0. The molecule has 0 N–H and O–H groups in total. The van der Waals surface area contributed by atoms with Gasteiger partial charge in [0.15, 0.2) is 0 Å². The number of carbonyl (C=O) groups is 1. The summed E-state index contributed by atoms with van der Waals surface area (Å²) in [5.41, 5.74) is 0.374. The van der Waals surface area contributed by atoms with E-state index in [1.54, 1.807) is 11.0 Å². The van der Waals surface area contributed by atoms with Crippen molar-refractivity contribution in [1.82, 2.24) is 4.90 Å². The van der Waals surface area contributed by atoms with E-state index in [1.807, 2.05) is 6.92 Å². The van der Waals surface area contributed by atoms with Crippen LogP contribution in [0.1, 0.15) is 23.7 Å². The third kappa shape index (κ3) is 4.07. The van der Waals surface area contributed by atoms with Gasteiger partial charge in [0.2, 0.25) is 0 Å². The summed E-state index contributed by atoms with van der Waals surface area (Å²) in [4.78, 5) is 13.9. The Morgan fingerprint density at radius 2 is 2.12 bits per heavy atom. The highest BCUT2D eigenvalue weighted by atomic mass is 79.9. The normalized spacial score (nSPS) is 10.4. The smallest absolute Gasteiger partial charge is 0.255 e. The van der Waals surface area contributed by atoms with E-state index in [4.69, 9.17) is 0 Å². The highest BCUT2D eigenvalue weighted by molar-refractivity contribution is 9.10. The van der Waals surface area contributed by atoms with Crippen LogP contribution >= 0.6 is 31.9 Å². The second-order valence-electron chi connectivity index (χ2n) is 3.61. The first kappa shape index (κ1) is 14.6. The van der Waals surface area contributed by atoms with Crippen LogP contribution < -0.4 is 0 Å². The fraction of sp³-hybridized carbons (Fsp3) is 0.417. The predicted octanol–water partition coefficient (Wildman–Crippen LogP) is 3.84. The molecule has 5 heteroatoms. The van der Waals surface area contributed by atoms with E-state index in [9.17, 15) is 9.18 Å². The van der Waals surface area contributed by atoms with Gasteiger partial charge >= 0.3 is 0 Å². The molecule has 0 aliphatic heterocycles. The van der Waals surface area contributed by atoms with Gasteiger partial charge in [0.25, 0.3) is 5.91 Å². The topological polar surface area (TPSA) is 20.3 Å². The first-order valence-electron chi connectivity index (χ1n) is 5.40. The maximum absolute atomic E-state index is 13.1. The van der Waals surface area contributed by atoms with Crippen molar-refractivity contribution >= 4 is 37.8 Å². The number of rotatable bonds is 5. The molecule has 2 nitrogen and oxygen atoms in total. The molecule has 1 amide bonds. The molecule has 0 saturated carbocycles. The molecule has 1 aromatic carbocycles. The van der Waals surface area contributed by atoms with E-state index in [0.29, 0.717) is 28.5 Å². The Morgan fingerprint density at radius 3 is 2.71 bits per heavy atom. The Labute approximate surface area is 117 Å². The van der Waals surface area contributed by atoms with Crippen LogP contribution in [0.15, 0.2) is 22.7 Å². The van der Waals surface area contributed by atoms with Gasteiger partial charge in [-0.2, -0.15) is 0 Å². The van der Waals surface area contributed by atoms with Gasteiger partial charge in [-0.05, 0) is 40.5 Å². The van der Waals surface area contributed by atoms with Crippen molar-refractivity contribution in [3.8, 4) is 0 Å². The van der Waals surface area contributed by atoms with Crippen molar-refractivity contribution in [1.29, 1.82) is 0 Å². The first-order valence-corrected chi connectivity index (χ1v) is 7.32. The Kier molecular flexibility index (Phi) is 6.12. The van der Waals surface area contributed by atoms with Crippen LogP contribution in [0.5, 0.6) is 0 Å². The summed E-state index contributed by atoms with van der Waals surface area (Å²) in [5, 5.41) is 0.714. The maximum Gasteiger partial charge on any atom is 0.255 e. The fourth-order valence-electron chi connectivity index (χ4n) is 1.52. The molecule has 0 aliphatic carbocycles. The molecule has 0 aliphatic rings. The number of benzene rings is 1. The van der Waals surface area contributed by atoms with Gasteiger partial charge in [0.1, 0.15) is 5.82 Å². The van der Waals surface area contributed by atoms with Gasteiger partial charge < -0.3 is 4.90 Å². The van der Waals surface area contributed by atoms with Crippen LogP contribution in [0.4, 0.5) is 4.39 Å². The summed E-state index contributed by atoms with van der Waals surface area (Å²) in [6, 6.07) is 4.15. The van der Waals surface area contributed by atoms with Crippen LogP contribution in [0, 0.1) is 5.82 Å². The summed E-state index contributed by atoms with van der Waals surface area (Å²) in [6.07, 6.45) is 0.881. The lowest BCUT2D eigenvalue weighted by Crippen LogP contribution is -2.33. The molecule has 0 atom stereocenters. The molecule has 0 unspecified atom stereocenters. The highest BCUT2D eigenvalue weighted by Crippen LogP contribution is 2.19. The first-order chi connectivity index (χ1) is 8.10. The van der Waals surface area contributed by atoms with Crippen molar-refractivity contribution in [3.63, 3.8) is 0 Å². The summed E-state index contributed by atoms with van der Waals surface area (Å²) in [5.74, 6) is -0.537. The zero-order valence-electron chi connectivity index (χ0n) is 9.55. The highest BCUT2D eigenvalue weighted by Gasteiger charge is 2.17. The number of halogens is 3. The van der Waals surface area contributed by atoms with E-state index in [2.05, 4.69) is 31.9 Å². The average Bonchev–Trinajstić information content (AvgIpc) is 2.31. The third-order valence-electron chi connectivity index (χ3n) is 2.29. The van der Waals surface area contributed by atoms with Crippen LogP contribution in [-0.4, -0.2) is 29.2 Å². The second kappa shape index (κ2) is 7.11. The van der Waals surface area contributed by atoms with E-state index in [0.717, 1.165) is 6.42 Å². The summed E-state index contributed by atoms with van der Waals surface area (Å²) in [7, 11) is 0. The van der Waals surface area contributed by atoms with E-state index in [-0.39, 0.29) is 5.91 Å². The number of alkyl halides is 1. The lowest BCUT2D eigenvalue weighted by atomic mass is 10.2. The minimum absolute atomic E-state index is 0.141. The molecule has 0 aromatic heterocycles. The van der Waals surface area contributed by atoms with Gasteiger partial charge in [-0.15, -0.1) is 0 Å². The Balaban J connectivity index is 2.95. The number of hydrogen-bond acceptors (Lipinski definition) is 1. The van der Waals surface area contributed by atoms with E-state index >= 15 is 0 Å². The van der Waals surface area contributed by atoms with Gasteiger partial charge in [0.05, 0.1) is 5.56 Å². The monoisotopic (exact) mass is 365 g/mol. The molecular weight excluding hydrogens is 353 g/mol. The number of nitrogens with zero attached hydrogens (tertiary/aromatic N) is 1. The molecule has 0 bridgehead atoms. The molecule has 0 fully saturated rings. The number of amides is 1. The van der Waals surface area contributed by atoms with E-state index < -0.39 is 5.82 Å². The molecule has 1 aromatic rings. The van der Waals surface area contributed by atoms with Crippen molar-refractivity contribution in [2.75, 3.05) is 18.4 Å². The minimum atomic E-state index is -0.396. The van der Waals surface area contributed by atoms with Crippen molar-refractivity contribution in [2.45, 2.75) is 13.3 Å². The number of carbonyl (C=O) groups excluding carboxylic acids is 1. The van der Waals surface area contributed by atoms with Gasteiger partial charge in [-0.1, -0.05) is 22.9 Å². The lowest BCUT2D eigenvalue weighted by Gasteiger charge is -2.21. The van der Waals surface area contributed by atoms with Crippen molar-refractivity contribution < 1.29 is 9.18 Å². The molecule has 0 saturated heterocycles. The minimum Gasteiger partial charge on any atom is -0.338 e. The molecule has 94 valence electrons. The van der Waals surface area contributed by atoms with Gasteiger partial charge in [-0.25, -0.2) is 4.39 Å². The van der Waals surface area contributed by atoms with E-state index in [1.165, 1.54) is 12.1 Å². The van der Waals surface area contributed by atoms with Crippen LogP contribution in [0.25, 0.3) is 0 Å². The quantitative estimate of drug-likeness (QED) is 0.725. The Hall–Kier alpha value is -0.420. The third-order valence-corrected chi connectivity index (χ3v) is 3.34. The summed E-state index contributed by atoms with van der Waals surface area (Å²) in [6.45, 7) is 3.30. The SMILES string of the molecule is CCCN(CCBr)C(=O)c1cc(F)ccc1Br. The zero-order valence-corrected chi connectivity index (χ0v) is 12.7. The Bertz CT molecular complexity index is 392. The fourth-order valence-corrected chi connectivity index (χ4v) is 2.36. The van der Waals surface area contributed by atoms with Crippen LogP contribution in [0.2, 0.25) is 0 Å². The molecular formula is C12H14Br2FNO. The maximum atomic E-state index is 13.1. The average molecular weight is 367 g/mol. The molecule has 17 heavy (non-hydrogen) atoms. The Morgan fingerprint density at radius 1 is 1.41 bits per heavy atom. The van der Waals surface area contributed by atoms with Gasteiger partial charge in [-0.3, -0.25) is 4.79 Å². The second-order valence-corrected chi connectivity index (χ2v) is 5.25. The van der Waals surface area contributed by atoms with Crippen molar-refractivity contribution in [3.05, 3.63) is 34.1 Å². The largest absolute Gasteiger partial charge is 0.338 e. The van der Waals surface area contributed by atoms with Crippen molar-refractivity contribution in [2.24, 2.45) is 0 Å². The van der Waals surface area contributed by atoms with Crippen LogP contribution in [-0.2, 0) is 0 Å². The standard InChI is InChI=1S/C12H14Br2FNO/c1-2-6-16(7-5-13)12(17)10-8-9(15)3-4-11(10)14/h3-4,8H,2,5-7H2,1H3. The molecule has 0 heterocycles. The zero-order chi connectivity index (χ0) is 12.8. The summed E-state index contributed by atoms with van der Waals surface area (Å²) < 4.78 is 13.8. The summed E-state index contributed by atoms with van der Waals surface area (Å²) >= 11 is 6.59. The molecule has 0 radical (unpaired) electrons. The lowest BCUT2D eigenvalue weighted by molar-refractivity contribution is 0.0765. The molecule has 0 spiro atoms.